The molecule has 1 aromatic carbocycles. The second-order valence-electron chi connectivity index (χ2n) is 2.30. The molecule has 1 aromatic rings. The molecule has 3 nitrogen and oxygen atoms in total. The molecule has 0 spiro atoms. The number of rotatable bonds is 2. The largest absolute Gasteiger partial charge is 0.370 e. The summed E-state index contributed by atoms with van der Waals surface area (Å²) in [6.45, 7) is 0. The van der Waals surface area contributed by atoms with E-state index in [1.807, 2.05) is 30.3 Å². The van der Waals surface area contributed by atoms with Crippen molar-refractivity contribution in [2.24, 2.45) is 16.5 Å². The molecule has 0 saturated heterocycles. The van der Waals surface area contributed by atoms with E-state index in [-0.39, 0.29) is 10.0 Å². The maximum atomic E-state index is 5.25. The molecule has 64 valence electrons. The fourth-order valence-electron chi connectivity index (χ4n) is 0.817. The van der Waals surface area contributed by atoms with Crippen LogP contribution in [-0.4, -0.2) is 5.96 Å². The third kappa shape index (κ3) is 2.69. The highest BCUT2D eigenvalue weighted by Gasteiger charge is 2.02. The van der Waals surface area contributed by atoms with Crippen LogP contribution in [-0.2, 0) is 0 Å². The molecule has 4 heteroatoms. The molecule has 0 heterocycles. The van der Waals surface area contributed by atoms with E-state index >= 15 is 0 Å². The van der Waals surface area contributed by atoms with Gasteiger partial charge in [-0.2, -0.15) is 0 Å². The second-order valence-corrected chi connectivity index (χ2v) is 3.48. The normalized spacial score (nSPS) is 12.1. The van der Waals surface area contributed by atoms with Crippen LogP contribution in [0.2, 0.25) is 0 Å². The predicted molar refractivity (Wildman–Crippen MR) is 59.0 cm³/mol. The summed E-state index contributed by atoms with van der Waals surface area (Å²) < 4.78 is 0.00815. The molecule has 0 aliphatic carbocycles. The van der Waals surface area contributed by atoms with Gasteiger partial charge < -0.3 is 11.5 Å². The van der Waals surface area contributed by atoms with Gasteiger partial charge in [0.05, 0.1) is 0 Å². The number of hydrogen-bond acceptors (Lipinski definition) is 1. The number of alkyl halides is 1. The van der Waals surface area contributed by atoms with Gasteiger partial charge in [-0.15, -0.1) is 0 Å². The van der Waals surface area contributed by atoms with Gasteiger partial charge in [-0.05, 0) is 5.56 Å². The minimum absolute atomic E-state index is 0.00815. The van der Waals surface area contributed by atoms with Gasteiger partial charge in [0.15, 0.2) is 5.96 Å². The van der Waals surface area contributed by atoms with Crippen LogP contribution in [0, 0.1) is 0 Å². The molecule has 0 radical (unpaired) electrons. The van der Waals surface area contributed by atoms with Crippen molar-refractivity contribution in [1.82, 2.24) is 0 Å². The summed E-state index contributed by atoms with van der Waals surface area (Å²) in [4.78, 5) is 4.01. The topological polar surface area (TPSA) is 64.4 Å². The van der Waals surface area contributed by atoms with Crippen LogP contribution in [0.25, 0.3) is 0 Å². The Morgan fingerprint density at radius 1 is 1.25 bits per heavy atom. The quantitative estimate of drug-likeness (QED) is 0.282. The van der Waals surface area contributed by atoms with Crippen LogP contribution in [0.1, 0.15) is 9.61 Å². The summed E-state index contributed by atoms with van der Waals surface area (Å²) in [7, 11) is 0. The number of hydrogen-bond donors (Lipinski definition) is 2. The van der Waals surface area contributed by atoms with Gasteiger partial charge in [-0.1, -0.05) is 52.9 Å². The third-order valence-corrected chi connectivity index (χ3v) is 2.33. The molecule has 0 aliphatic heterocycles. The van der Waals surface area contributed by atoms with Gasteiger partial charge in [-0.25, -0.2) is 4.99 Å². The Morgan fingerprint density at radius 3 is 2.33 bits per heavy atom. The minimum Gasteiger partial charge on any atom is -0.370 e. The molecule has 4 N–H and O–H groups in total. The Hall–Kier alpha value is -0.780. The van der Waals surface area contributed by atoms with Crippen molar-refractivity contribution in [3.8, 4) is 0 Å². The zero-order chi connectivity index (χ0) is 8.97. The number of benzene rings is 1. The van der Waals surface area contributed by atoms with E-state index in [0.29, 0.717) is 0 Å². The predicted octanol–water partition coefficient (Wildman–Crippen LogP) is 1.39. The van der Waals surface area contributed by atoms with E-state index < -0.39 is 0 Å². The van der Waals surface area contributed by atoms with Gasteiger partial charge in [0.1, 0.15) is 4.05 Å². The highest BCUT2D eigenvalue weighted by Crippen LogP contribution is 2.23. The molecule has 1 rings (SSSR count). The molecule has 0 saturated carbocycles. The minimum atomic E-state index is 0.00815. The molecule has 0 aromatic heterocycles. The van der Waals surface area contributed by atoms with Crippen LogP contribution in [0.5, 0.6) is 0 Å². The van der Waals surface area contributed by atoms with E-state index in [4.69, 9.17) is 11.5 Å². The first-order valence-electron chi connectivity index (χ1n) is 3.48. The standard InChI is InChI=1S/C8H10IN3/c9-7(12-8(10)11)6-4-2-1-3-5-6/h1-5,7H,(H4,10,11,12). The van der Waals surface area contributed by atoms with Crippen molar-refractivity contribution in [1.29, 1.82) is 0 Å². The number of nitrogens with zero attached hydrogens (tertiary/aromatic N) is 1. The lowest BCUT2D eigenvalue weighted by Crippen LogP contribution is -2.23. The van der Waals surface area contributed by atoms with Gasteiger partial charge in [0, 0.05) is 0 Å². The van der Waals surface area contributed by atoms with Crippen LogP contribution >= 0.6 is 22.6 Å². The van der Waals surface area contributed by atoms with Crippen LogP contribution in [0.3, 0.4) is 0 Å². The lowest BCUT2D eigenvalue weighted by molar-refractivity contribution is 1.06. The molecule has 1 atom stereocenters. The summed E-state index contributed by atoms with van der Waals surface area (Å²) in [5.74, 6) is 0.123. The van der Waals surface area contributed by atoms with E-state index in [9.17, 15) is 0 Å². The zero-order valence-electron chi connectivity index (χ0n) is 6.44. The molecular formula is C8H10IN3. The van der Waals surface area contributed by atoms with Crippen LogP contribution in [0.4, 0.5) is 0 Å². The molecule has 0 aliphatic rings. The van der Waals surface area contributed by atoms with E-state index in [2.05, 4.69) is 27.6 Å². The van der Waals surface area contributed by atoms with Crippen molar-refractivity contribution >= 4 is 28.6 Å². The number of halogens is 1. The summed E-state index contributed by atoms with van der Waals surface area (Å²) in [5, 5.41) is 0. The number of aliphatic imine (C=N–C) groups is 1. The Labute approximate surface area is 85.0 Å². The van der Waals surface area contributed by atoms with Gasteiger partial charge in [-0.3, -0.25) is 0 Å². The molecule has 0 bridgehead atoms. The number of guanidine groups is 1. The van der Waals surface area contributed by atoms with Crippen molar-refractivity contribution in [3.05, 3.63) is 35.9 Å². The Kier molecular flexibility index (Phi) is 3.33. The first-order chi connectivity index (χ1) is 5.70. The Morgan fingerprint density at radius 2 is 1.83 bits per heavy atom. The maximum Gasteiger partial charge on any atom is 0.187 e. The Bertz CT molecular complexity index is 267. The highest BCUT2D eigenvalue weighted by molar-refractivity contribution is 14.1. The highest BCUT2D eigenvalue weighted by atomic mass is 127. The average molecular weight is 275 g/mol. The van der Waals surface area contributed by atoms with Gasteiger partial charge >= 0.3 is 0 Å². The van der Waals surface area contributed by atoms with Crippen molar-refractivity contribution in [2.75, 3.05) is 0 Å². The molecule has 0 amide bonds. The van der Waals surface area contributed by atoms with Crippen LogP contribution in [0.15, 0.2) is 35.3 Å². The first-order valence-corrected chi connectivity index (χ1v) is 4.72. The smallest absolute Gasteiger partial charge is 0.187 e. The van der Waals surface area contributed by atoms with E-state index in [1.54, 1.807) is 0 Å². The average Bonchev–Trinajstić information content (AvgIpc) is 2.05. The zero-order valence-corrected chi connectivity index (χ0v) is 8.60. The molecular weight excluding hydrogens is 265 g/mol. The SMILES string of the molecule is NC(N)=NC(I)c1ccccc1. The fraction of sp³-hybridized carbons (Fsp3) is 0.125. The summed E-state index contributed by atoms with van der Waals surface area (Å²) in [5.41, 5.74) is 11.6. The Balaban J connectivity index is 2.79. The molecule has 0 fully saturated rings. The fourth-order valence-corrected chi connectivity index (χ4v) is 1.55. The first kappa shape index (κ1) is 9.31. The second kappa shape index (κ2) is 4.30. The maximum absolute atomic E-state index is 5.25. The van der Waals surface area contributed by atoms with Crippen molar-refractivity contribution < 1.29 is 0 Å². The van der Waals surface area contributed by atoms with E-state index in [1.165, 1.54) is 0 Å². The number of nitrogens with two attached hydrogens (primary N) is 2. The van der Waals surface area contributed by atoms with Crippen molar-refractivity contribution in [3.63, 3.8) is 0 Å². The third-order valence-electron chi connectivity index (χ3n) is 1.34. The summed E-state index contributed by atoms with van der Waals surface area (Å²) in [6, 6.07) is 9.86. The van der Waals surface area contributed by atoms with Crippen LogP contribution < -0.4 is 11.5 Å². The van der Waals surface area contributed by atoms with Gasteiger partial charge in [0.2, 0.25) is 0 Å². The van der Waals surface area contributed by atoms with E-state index in [0.717, 1.165) is 5.56 Å². The summed E-state index contributed by atoms with van der Waals surface area (Å²) in [6.07, 6.45) is 0. The molecule has 1 unspecified atom stereocenters. The molecule has 12 heavy (non-hydrogen) atoms. The van der Waals surface area contributed by atoms with Crippen molar-refractivity contribution in [2.45, 2.75) is 4.05 Å². The summed E-state index contributed by atoms with van der Waals surface area (Å²) >= 11 is 2.18. The van der Waals surface area contributed by atoms with Gasteiger partial charge in [0.25, 0.3) is 0 Å². The monoisotopic (exact) mass is 275 g/mol. The lowest BCUT2D eigenvalue weighted by Gasteiger charge is -2.03. The lowest BCUT2D eigenvalue weighted by atomic mass is 10.2.